The van der Waals surface area contributed by atoms with Gasteiger partial charge in [0.1, 0.15) is 18.5 Å². The molecule has 0 aromatic heterocycles. The summed E-state index contributed by atoms with van der Waals surface area (Å²) >= 11 is 0. The number of rotatable bonds is 10. The summed E-state index contributed by atoms with van der Waals surface area (Å²) in [6.07, 6.45) is 12.6. The molecule has 2 rings (SSSR count). The summed E-state index contributed by atoms with van der Waals surface area (Å²) in [5.74, 6) is -0.351. The van der Waals surface area contributed by atoms with Crippen LogP contribution in [0, 0.1) is 0 Å². The number of benzene rings is 1. The van der Waals surface area contributed by atoms with Crippen LogP contribution >= 0.6 is 0 Å². The van der Waals surface area contributed by atoms with Crippen molar-refractivity contribution in [2.45, 2.75) is 90.8 Å². The molecule has 1 unspecified atom stereocenters. The van der Waals surface area contributed by atoms with Crippen molar-refractivity contribution in [3.8, 4) is 0 Å². The summed E-state index contributed by atoms with van der Waals surface area (Å²) in [5.41, 5.74) is 2.88. The number of esters is 2. The fourth-order valence-corrected chi connectivity index (χ4v) is 3.64. The second-order valence-corrected chi connectivity index (χ2v) is 8.06. The maximum Gasteiger partial charge on any atom is 0.310 e. The summed E-state index contributed by atoms with van der Waals surface area (Å²) < 4.78 is 10.8. The lowest BCUT2D eigenvalue weighted by molar-refractivity contribution is -0.146. The molecule has 1 aromatic rings. The largest absolute Gasteiger partial charge is 0.461 e. The summed E-state index contributed by atoms with van der Waals surface area (Å²) in [6.45, 7) is 3.20. The lowest BCUT2D eigenvalue weighted by atomic mass is 9.96. The Labute approximate surface area is 179 Å². The number of hydrogen-bond donors (Lipinski definition) is 0. The highest BCUT2D eigenvalue weighted by Crippen LogP contribution is 2.19. The molecule has 1 aliphatic carbocycles. The second-order valence-electron chi connectivity index (χ2n) is 8.06. The Morgan fingerprint density at radius 3 is 2.63 bits per heavy atom. The summed E-state index contributed by atoms with van der Waals surface area (Å²) in [5, 5.41) is 0. The lowest BCUT2D eigenvalue weighted by Gasteiger charge is -2.17. The van der Waals surface area contributed by atoms with E-state index in [1.807, 2.05) is 24.3 Å². The van der Waals surface area contributed by atoms with Gasteiger partial charge in [-0.05, 0) is 74.6 Å². The smallest absolute Gasteiger partial charge is 0.310 e. The first kappa shape index (κ1) is 23.8. The van der Waals surface area contributed by atoms with Crippen molar-refractivity contribution < 1.29 is 23.9 Å². The standard InChI is InChI=1S/C25H34O5/c1-19(26)10-8-9-11-22-16-21(18-29-20(2)27)14-15-23(22)17-25(28)30-24-12-6-4-3-5-7-13-24/h6,12,14-16,24H,3-5,7-11,13,17-18H2,1-2H3/b12-6+. The number of hydrogen-bond acceptors (Lipinski definition) is 5. The minimum atomic E-state index is -0.321. The minimum Gasteiger partial charge on any atom is -0.461 e. The van der Waals surface area contributed by atoms with Gasteiger partial charge in [-0.2, -0.15) is 0 Å². The molecule has 5 heteroatoms. The number of aryl methyl sites for hydroxylation is 1. The first-order valence-electron chi connectivity index (χ1n) is 11.0. The molecular weight excluding hydrogens is 380 g/mol. The predicted molar refractivity (Wildman–Crippen MR) is 116 cm³/mol. The van der Waals surface area contributed by atoms with E-state index < -0.39 is 0 Å². The van der Waals surface area contributed by atoms with E-state index >= 15 is 0 Å². The van der Waals surface area contributed by atoms with Gasteiger partial charge in [0.2, 0.25) is 0 Å². The molecule has 0 amide bonds. The zero-order valence-electron chi connectivity index (χ0n) is 18.3. The van der Waals surface area contributed by atoms with E-state index in [0.717, 1.165) is 55.2 Å². The topological polar surface area (TPSA) is 69.7 Å². The van der Waals surface area contributed by atoms with Crippen LogP contribution in [0.15, 0.2) is 30.4 Å². The van der Waals surface area contributed by atoms with E-state index in [1.54, 1.807) is 6.92 Å². The maximum atomic E-state index is 12.6. The Morgan fingerprint density at radius 1 is 1.03 bits per heavy atom. The predicted octanol–water partition coefficient (Wildman–Crippen LogP) is 5.03. The van der Waals surface area contributed by atoms with E-state index in [0.29, 0.717) is 6.42 Å². The molecule has 0 spiro atoms. The number of allylic oxidation sites excluding steroid dienone is 1. The van der Waals surface area contributed by atoms with Crippen LogP contribution in [0.4, 0.5) is 0 Å². The average Bonchev–Trinajstić information content (AvgIpc) is 2.67. The third kappa shape index (κ3) is 9.38. The Hall–Kier alpha value is -2.43. The van der Waals surface area contributed by atoms with Crippen molar-refractivity contribution in [2.24, 2.45) is 0 Å². The van der Waals surface area contributed by atoms with Crippen molar-refractivity contribution in [1.29, 1.82) is 0 Å². The van der Waals surface area contributed by atoms with Crippen LogP contribution in [0.5, 0.6) is 0 Å². The van der Waals surface area contributed by atoms with E-state index in [9.17, 15) is 14.4 Å². The highest BCUT2D eigenvalue weighted by molar-refractivity contribution is 5.75. The molecule has 0 aliphatic heterocycles. The van der Waals surface area contributed by atoms with E-state index in [-0.39, 0.29) is 36.9 Å². The number of ether oxygens (including phenoxy) is 2. The van der Waals surface area contributed by atoms with Gasteiger partial charge in [0.15, 0.2) is 0 Å². The first-order chi connectivity index (χ1) is 14.4. The number of unbranched alkanes of at least 4 members (excludes halogenated alkanes) is 1. The third-order valence-electron chi connectivity index (χ3n) is 5.27. The average molecular weight is 415 g/mol. The van der Waals surface area contributed by atoms with Crippen molar-refractivity contribution in [2.75, 3.05) is 0 Å². The van der Waals surface area contributed by atoms with Crippen LogP contribution in [0.25, 0.3) is 0 Å². The van der Waals surface area contributed by atoms with Crippen LogP contribution in [0.3, 0.4) is 0 Å². The molecule has 164 valence electrons. The van der Waals surface area contributed by atoms with E-state index in [2.05, 4.69) is 6.08 Å². The molecule has 1 aromatic carbocycles. The monoisotopic (exact) mass is 414 g/mol. The van der Waals surface area contributed by atoms with Gasteiger partial charge in [0, 0.05) is 13.3 Å². The molecule has 0 saturated heterocycles. The van der Waals surface area contributed by atoms with Crippen molar-refractivity contribution in [3.05, 3.63) is 47.0 Å². The summed E-state index contributed by atoms with van der Waals surface area (Å²) in [6, 6.07) is 5.81. The third-order valence-corrected chi connectivity index (χ3v) is 5.27. The SMILES string of the molecule is CC(=O)CCCCc1cc(COC(C)=O)ccc1CC(=O)OC1/C=C/CCCCC1. The van der Waals surface area contributed by atoms with Gasteiger partial charge in [-0.25, -0.2) is 0 Å². The van der Waals surface area contributed by atoms with Crippen LogP contribution in [0.1, 0.15) is 81.9 Å². The van der Waals surface area contributed by atoms with Crippen molar-refractivity contribution in [1.82, 2.24) is 0 Å². The molecular formula is C25H34O5. The maximum absolute atomic E-state index is 12.6. The van der Waals surface area contributed by atoms with Gasteiger partial charge in [-0.15, -0.1) is 0 Å². The Balaban J connectivity index is 2.03. The molecule has 0 saturated carbocycles. The van der Waals surface area contributed by atoms with Crippen LogP contribution < -0.4 is 0 Å². The fourth-order valence-electron chi connectivity index (χ4n) is 3.64. The number of carbonyl (C=O) groups is 3. The molecule has 0 radical (unpaired) electrons. The molecule has 0 bridgehead atoms. The molecule has 0 N–H and O–H groups in total. The van der Waals surface area contributed by atoms with Gasteiger partial charge in [-0.1, -0.05) is 30.7 Å². The van der Waals surface area contributed by atoms with Crippen LogP contribution in [-0.4, -0.2) is 23.8 Å². The first-order valence-corrected chi connectivity index (χ1v) is 11.0. The van der Waals surface area contributed by atoms with Crippen molar-refractivity contribution >= 4 is 17.7 Å². The molecule has 1 aliphatic rings. The van der Waals surface area contributed by atoms with E-state index in [4.69, 9.17) is 9.47 Å². The van der Waals surface area contributed by atoms with Gasteiger partial charge < -0.3 is 14.3 Å². The van der Waals surface area contributed by atoms with Gasteiger partial charge in [-0.3, -0.25) is 9.59 Å². The molecule has 5 nitrogen and oxygen atoms in total. The van der Waals surface area contributed by atoms with Gasteiger partial charge in [0.05, 0.1) is 6.42 Å². The van der Waals surface area contributed by atoms with Gasteiger partial charge in [0.25, 0.3) is 0 Å². The van der Waals surface area contributed by atoms with Crippen LogP contribution in [0.2, 0.25) is 0 Å². The highest BCUT2D eigenvalue weighted by Gasteiger charge is 2.15. The van der Waals surface area contributed by atoms with Gasteiger partial charge >= 0.3 is 11.9 Å². The van der Waals surface area contributed by atoms with Crippen molar-refractivity contribution in [3.63, 3.8) is 0 Å². The molecule has 30 heavy (non-hydrogen) atoms. The number of Topliss-reactive ketones (excluding diaryl/α,β-unsaturated/α-hetero) is 1. The lowest BCUT2D eigenvalue weighted by Crippen LogP contribution is -2.19. The second kappa shape index (κ2) is 13.0. The highest BCUT2D eigenvalue weighted by atomic mass is 16.5. The van der Waals surface area contributed by atoms with E-state index in [1.165, 1.54) is 19.8 Å². The molecule has 0 heterocycles. The quantitative estimate of drug-likeness (QED) is 0.305. The van der Waals surface area contributed by atoms with Crippen LogP contribution in [-0.2, 0) is 43.3 Å². The number of ketones is 1. The molecule has 1 atom stereocenters. The summed E-state index contributed by atoms with van der Waals surface area (Å²) in [4.78, 5) is 34.9. The fraction of sp³-hybridized carbons (Fsp3) is 0.560. The number of carbonyl (C=O) groups excluding carboxylic acids is 3. The summed E-state index contributed by atoms with van der Waals surface area (Å²) in [7, 11) is 0. The molecule has 0 fully saturated rings. The Morgan fingerprint density at radius 2 is 1.87 bits per heavy atom. The zero-order chi connectivity index (χ0) is 21.8. The Kier molecular flexibility index (Phi) is 10.3. The minimum absolute atomic E-state index is 0.139. The Bertz CT molecular complexity index is 750. The zero-order valence-corrected chi connectivity index (χ0v) is 18.3. The normalized spacial score (nSPS) is 17.5.